The molecule has 0 bridgehead atoms. The van der Waals surface area contributed by atoms with Gasteiger partial charge < -0.3 is 4.90 Å². The van der Waals surface area contributed by atoms with Crippen molar-refractivity contribution in [1.82, 2.24) is 23.8 Å². The van der Waals surface area contributed by atoms with E-state index >= 15 is 0 Å². The lowest BCUT2D eigenvalue weighted by Gasteiger charge is -2.33. The number of amides is 1. The van der Waals surface area contributed by atoms with Gasteiger partial charge in [-0.25, -0.2) is 4.79 Å². The molecule has 0 aliphatic carbocycles. The Kier molecular flexibility index (Phi) is 6.30. The first kappa shape index (κ1) is 22.0. The van der Waals surface area contributed by atoms with Crippen molar-refractivity contribution in [3.8, 4) is 0 Å². The van der Waals surface area contributed by atoms with Gasteiger partial charge in [-0.05, 0) is 52.0 Å². The number of carbonyl (C=O) groups excluding carboxylic acids is 1. The standard InChI is InChI=1S/C24H31N5O3/c1-4-29-22-21(18(3)25-29)28(16-20(30)26-14-9-8-10-17(26)2)24(32)27(23(22)31)15-13-19-11-6-5-7-12-19/h5-7,11-12,17H,4,8-10,13-16H2,1-3H3/t17-/m1/s1. The maximum atomic E-state index is 13.5. The summed E-state index contributed by atoms with van der Waals surface area (Å²) in [4.78, 5) is 41.9. The van der Waals surface area contributed by atoms with Gasteiger partial charge in [0, 0.05) is 25.7 Å². The summed E-state index contributed by atoms with van der Waals surface area (Å²) < 4.78 is 4.35. The normalized spacial score (nSPS) is 16.6. The number of piperidine rings is 1. The van der Waals surface area contributed by atoms with Crippen molar-refractivity contribution in [3.05, 3.63) is 62.4 Å². The zero-order chi connectivity index (χ0) is 22.8. The number of nitrogens with zero attached hydrogens (tertiary/aromatic N) is 5. The minimum atomic E-state index is -0.449. The molecule has 1 fully saturated rings. The molecular weight excluding hydrogens is 406 g/mol. The Labute approximate surface area is 187 Å². The Balaban J connectivity index is 1.79. The summed E-state index contributed by atoms with van der Waals surface area (Å²) in [5, 5.41) is 4.48. The van der Waals surface area contributed by atoms with Crippen molar-refractivity contribution in [2.75, 3.05) is 6.54 Å². The highest BCUT2D eigenvalue weighted by Crippen LogP contribution is 2.18. The number of fused-ring (bicyclic) bond motifs is 1. The van der Waals surface area contributed by atoms with Gasteiger partial charge in [-0.3, -0.25) is 23.4 Å². The van der Waals surface area contributed by atoms with E-state index in [2.05, 4.69) is 12.0 Å². The van der Waals surface area contributed by atoms with Crippen molar-refractivity contribution >= 4 is 16.9 Å². The van der Waals surface area contributed by atoms with Gasteiger partial charge in [0.05, 0.1) is 5.69 Å². The molecule has 0 unspecified atom stereocenters. The maximum Gasteiger partial charge on any atom is 0.332 e. The maximum absolute atomic E-state index is 13.5. The SMILES string of the molecule is CCn1nc(C)c2c1c(=O)n(CCc1ccccc1)c(=O)n2CC(=O)N1CCCC[C@H]1C. The minimum absolute atomic E-state index is 0.0818. The van der Waals surface area contributed by atoms with Crippen LogP contribution < -0.4 is 11.2 Å². The molecule has 0 N–H and O–H groups in total. The Morgan fingerprint density at radius 3 is 2.53 bits per heavy atom. The van der Waals surface area contributed by atoms with E-state index < -0.39 is 5.69 Å². The molecule has 32 heavy (non-hydrogen) atoms. The second-order valence-corrected chi connectivity index (χ2v) is 8.59. The second kappa shape index (κ2) is 9.14. The molecule has 8 nitrogen and oxygen atoms in total. The number of hydrogen-bond acceptors (Lipinski definition) is 4. The van der Waals surface area contributed by atoms with Crippen molar-refractivity contribution in [1.29, 1.82) is 0 Å². The zero-order valence-corrected chi connectivity index (χ0v) is 19.1. The third-order valence-electron chi connectivity index (χ3n) is 6.46. The number of likely N-dealkylation sites (tertiary alicyclic amines) is 1. The van der Waals surface area contributed by atoms with E-state index in [-0.39, 0.29) is 30.6 Å². The van der Waals surface area contributed by atoms with E-state index in [0.717, 1.165) is 24.8 Å². The third-order valence-corrected chi connectivity index (χ3v) is 6.46. The first-order chi connectivity index (χ1) is 15.4. The van der Waals surface area contributed by atoms with Gasteiger partial charge in [-0.15, -0.1) is 0 Å². The van der Waals surface area contributed by atoms with Gasteiger partial charge in [-0.1, -0.05) is 30.3 Å². The largest absolute Gasteiger partial charge is 0.338 e. The fraction of sp³-hybridized carbons (Fsp3) is 0.500. The van der Waals surface area contributed by atoms with Crippen LogP contribution in [0.25, 0.3) is 11.0 Å². The van der Waals surface area contributed by atoms with Gasteiger partial charge in [0.15, 0.2) is 5.52 Å². The van der Waals surface area contributed by atoms with Crippen LogP contribution in [0.5, 0.6) is 0 Å². The summed E-state index contributed by atoms with van der Waals surface area (Å²) >= 11 is 0. The summed E-state index contributed by atoms with van der Waals surface area (Å²) in [7, 11) is 0. The highest BCUT2D eigenvalue weighted by molar-refractivity contribution is 5.81. The number of aromatic nitrogens is 4. The molecule has 0 spiro atoms. The monoisotopic (exact) mass is 437 g/mol. The Bertz CT molecular complexity index is 1240. The summed E-state index contributed by atoms with van der Waals surface area (Å²) in [6, 6.07) is 9.92. The highest BCUT2D eigenvalue weighted by atomic mass is 16.2. The first-order valence-corrected chi connectivity index (χ1v) is 11.5. The lowest BCUT2D eigenvalue weighted by Crippen LogP contribution is -2.47. The molecule has 1 atom stereocenters. The van der Waals surface area contributed by atoms with Crippen LogP contribution in [0, 0.1) is 6.92 Å². The minimum Gasteiger partial charge on any atom is -0.338 e. The van der Waals surface area contributed by atoms with Gasteiger partial charge in [0.25, 0.3) is 5.56 Å². The predicted octanol–water partition coefficient (Wildman–Crippen LogP) is 2.33. The molecular formula is C24H31N5O3. The Hall–Kier alpha value is -3.16. The fourth-order valence-electron chi connectivity index (χ4n) is 4.72. The van der Waals surface area contributed by atoms with Crippen LogP contribution in [0.2, 0.25) is 0 Å². The molecule has 0 radical (unpaired) electrons. The summed E-state index contributed by atoms with van der Waals surface area (Å²) in [6.07, 6.45) is 3.61. The number of hydrogen-bond donors (Lipinski definition) is 0. The van der Waals surface area contributed by atoms with Gasteiger partial charge in [-0.2, -0.15) is 5.10 Å². The van der Waals surface area contributed by atoms with E-state index in [1.807, 2.05) is 42.2 Å². The fourth-order valence-corrected chi connectivity index (χ4v) is 4.72. The van der Waals surface area contributed by atoms with Crippen LogP contribution in [-0.2, 0) is 30.8 Å². The van der Waals surface area contributed by atoms with Crippen molar-refractivity contribution in [2.24, 2.45) is 0 Å². The Morgan fingerprint density at radius 2 is 1.84 bits per heavy atom. The molecule has 3 aromatic rings. The van der Waals surface area contributed by atoms with E-state index in [1.54, 1.807) is 11.6 Å². The predicted molar refractivity (Wildman–Crippen MR) is 124 cm³/mol. The Morgan fingerprint density at radius 1 is 1.09 bits per heavy atom. The molecule has 2 aromatic heterocycles. The van der Waals surface area contributed by atoms with Crippen LogP contribution in [-0.4, -0.2) is 42.3 Å². The topological polar surface area (TPSA) is 82.1 Å². The molecule has 1 saturated heterocycles. The summed E-state index contributed by atoms with van der Waals surface area (Å²) in [5.74, 6) is -0.0856. The van der Waals surface area contributed by atoms with Crippen molar-refractivity contribution < 1.29 is 4.79 Å². The molecule has 3 heterocycles. The molecule has 1 amide bonds. The van der Waals surface area contributed by atoms with E-state index in [1.165, 1.54) is 9.13 Å². The average Bonchev–Trinajstić information content (AvgIpc) is 3.14. The van der Waals surface area contributed by atoms with Crippen LogP contribution in [0.15, 0.2) is 39.9 Å². The quantitative estimate of drug-likeness (QED) is 0.593. The number of aryl methyl sites for hydroxylation is 3. The van der Waals surface area contributed by atoms with E-state index in [4.69, 9.17) is 0 Å². The number of carbonyl (C=O) groups is 1. The molecule has 1 aliphatic rings. The van der Waals surface area contributed by atoms with E-state index in [9.17, 15) is 14.4 Å². The van der Waals surface area contributed by atoms with Crippen LogP contribution >= 0.6 is 0 Å². The van der Waals surface area contributed by atoms with Crippen LogP contribution in [0.1, 0.15) is 44.4 Å². The lowest BCUT2D eigenvalue weighted by atomic mass is 10.0. The zero-order valence-electron chi connectivity index (χ0n) is 19.1. The average molecular weight is 438 g/mol. The van der Waals surface area contributed by atoms with Gasteiger partial charge in [0.2, 0.25) is 5.91 Å². The summed E-state index contributed by atoms with van der Waals surface area (Å²) in [6.45, 7) is 7.13. The summed E-state index contributed by atoms with van der Waals surface area (Å²) in [5.41, 5.74) is 1.69. The van der Waals surface area contributed by atoms with Crippen molar-refractivity contribution in [2.45, 2.75) is 72.1 Å². The second-order valence-electron chi connectivity index (χ2n) is 8.59. The molecule has 1 aliphatic heterocycles. The van der Waals surface area contributed by atoms with Crippen LogP contribution in [0.3, 0.4) is 0 Å². The molecule has 0 saturated carbocycles. The third kappa shape index (κ3) is 4.01. The van der Waals surface area contributed by atoms with E-state index in [0.29, 0.717) is 36.2 Å². The van der Waals surface area contributed by atoms with Gasteiger partial charge in [0.1, 0.15) is 12.1 Å². The van der Waals surface area contributed by atoms with Gasteiger partial charge >= 0.3 is 5.69 Å². The number of benzene rings is 1. The molecule has 1 aromatic carbocycles. The first-order valence-electron chi connectivity index (χ1n) is 11.5. The van der Waals surface area contributed by atoms with Crippen molar-refractivity contribution in [3.63, 3.8) is 0 Å². The molecule has 8 heteroatoms. The number of rotatable bonds is 6. The molecule has 170 valence electrons. The molecule has 4 rings (SSSR count). The van der Waals surface area contributed by atoms with Crippen LogP contribution in [0.4, 0.5) is 0 Å². The highest BCUT2D eigenvalue weighted by Gasteiger charge is 2.26. The lowest BCUT2D eigenvalue weighted by molar-refractivity contribution is -0.135. The smallest absolute Gasteiger partial charge is 0.332 e.